The number of aliphatic hydroxyl groups excluding tert-OH is 1. The van der Waals surface area contributed by atoms with E-state index in [1.165, 1.54) is 0 Å². The Morgan fingerprint density at radius 2 is 2.47 bits per heavy atom. The van der Waals surface area contributed by atoms with Crippen LogP contribution in [-0.2, 0) is 0 Å². The Morgan fingerprint density at radius 3 is 3.12 bits per heavy atom. The van der Waals surface area contributed by atoms with E-state index in [-0.39, 0.29) is 17.4 Å². The number of carbonyl (C=O) groups excluding carboxylic acids is 1. The first kappa shape index (κ1) is 12.2. The standard InChI is InChI=1S/C13H20N2O2/c1-13(7-3-2-6-11(13)16)9-15-12(17)10-5-4-8-14-10/h4-5,8,11,14,16H,2-3,6-7,9H2,1H3,(H,15,17)/t11-,13+/m0/s1. The number of rotatable bonds is 3. The Kier molecular flexibility index (Phi) is 3.52. The van der Waals surface area contributed by atoms with Gasteiger partial charge in [0.1, 0.15) is 5.69 Å². The average molecular weight is 236 g/mol. The van der Waals surface area contributed by atoms with E-state index < -0.39 is 0 Å². The largest absolute Gasteiger partial charge is 0.392 e. The number of carbonyl (C=O) groups is 1. The van der Waals surface area contributed by atoms with E-state index in [4.69, 9.17) is 0 Å². The summed E-state index contributed by atoms with van der Waals surface area (Å²) >= 11 is 0. The number of hydrogen-bond donors (Lipinski definition) is 3. The molecule has 0 aromatic carbocycles. The van der Waals surface area contributed by atoms with Crippen LogP contribution in [0.4, 0.5) is 0 Å². The van der Waals surface area contributed by atoms with Crippen LogP contribution in [0.15, 0.2) is 18.3 Å². The van der Waals surface area contributed by atoms with Crippen LogP contribution in [0.3, 0.4) is 0 Å². The molecule has 4 heteroatoms. The van der Waals surface area contributed by atoms with Crippen molar-refractivity contribution in [1.29, 1.82) is 0 Å². The molecule has 3 N–H and O–H groups in total. The summed E-state index contributed by atoms with van der Waals surface area (Å²) in [5, 5.41) is 12.9. The molecule has 0 radical (unpaired) electrons. The van der Waals surface area contributed by atoms with Gasteiger partial charge in [0.2, 0.25) is 0 Å². The summed E-state index contributed by atoms with van der Waals surface area (Å²) in [4.78, 5) is 14.6. The minimum Gasteiger partial charge on any atom is -0.392 e. The van der Waals surface area contributed by atoms with E-state index in [0.717, 1.165) is 25.7 Å². The fraction of sp³-hybridized carbons (Fsp3) is 0.615. The van der Waals surface area contributed by atoms with Gasteiger partial charge in [-0.2, -0.15) is 0 Å². The molecular formula is C13H20N2O2. The van der Waals surface area contributed by atoms with E-state index in [9.17, 15) is 9.90 Å². The van der Waals surface area contributed by atoms with Gasteiger partial charge in [-0.3, -0.25) is 4.79 Å². The van der Waals surface area contributed by atoms with Crippen LogP contribution in [0.25, 0.3) is 0 Å². The Morgan fingerprint density at radius 1 is 1.65 bits per heavy atom. The van der Waals surface area contributed by atoms with Crippen LogP contribution < -0.4 is 5.32 Å². The number of nitrogens with one attached hydrogen (secondary N) is 2. The van der Waals surface area contributed by atoms with Gasteiger partial charge < -0.3 is 15.4 Å². The molecule has 1 aromatic heterocycles. The summed E-state index contributed by atoms with van der Waals surface area (Å²) < 4.78 is 0. The third-order valence-corrected chi connectivity index (χ3v) is 3.78. The lowest BCUT2D eigenvalue weighted by Gasteiger charge is -2.38. The highest BCUT2D eigenvalue weighted by Gasteiger charge is 2.35. The fourth-order valence-electron chi connectivity index (χ4n) is 2.44. The Labute approximate surface area is 101 Å². The molecule has 1 heterocycles. The summed E-state index contributed by atoms with van der Waals surface area (Å²) in [5.74, 6) is -0.103. The smallest absolute Gasteiger partial charge is 0.267 e. The first-order valence-electron chi connectivity index (χ1n) is 6.21. The summed E-state index contributed by atoms with van der Waals surface area (Å²) in [6.07, 6.45) is 5.45. The average Bonchev–Trinajstić information content (AvgIpc) is 2.84. The first-order valence-corrected chi connectivity index (χ1v) is 6.21. The molecule has 0 unspecified atom stereocenters. The van der Waals surface area contributed by atoms with Crippen molar-refractivity contribution in [1.82, 2.24) is 10.3 Å². The molecule has 0 spiro atoms. The molecule has 94 valence electrons. The molecule has 0 saturated heterocycles. The number of aromatic amines is 1. The molecule has 2 rings (SSSR count). The van der Waals surface area contributed by atoms with Gasteiger partial charge in [-0.25, -0.2) is 0 Å². The predicted molar refractivity (Wildman–Crippen MR) is 65.7 cm³/mol. The molecule has 0 aliphatic heterocycles. The third-order valence-electron chi connectivity index (χ3n) is 3.78. The molecule has 1 aromatic rings. The minimum atomic E-state index is -0.305. The normalized spacial score (nSPS) is 28.9. The zero-order valence-electron chi connectivity index (χ0n) is 10.2. The highest BCUT2D eigenvalue weighted by molar-refractivity contribution is 5.92. The Hall–Kier alpha value is -1.29. The zero-order valence-corrected chi connectivity index (χ0v) is 10.2. The zero-order chi connectivity index (χ0) is 12.3. The molecule has 1 fully saturated rings. The van der Waals surface area contributed by atoms with Crippen molar-refractivity contribution in [3.63, 3.8) is 0 Å². The first-order chi connectivity index (χ1) is 8.12. The van der Waals surface area contributed by atoms with E-state index in [0.29, 0.717) is 12.2 Å². The Balaban J connectivity index is 1.91. The summed E-state index contributed by atoms with van der Waals surface area (Å²) in [5.41, 5.74) is 0.388. The van der Waals surface area contributed by atoms with Crippen LogP contribution in [0.1, 0.15) is 43.1 Å². The van der Waals surface area contributed by atoms with Crippen molar-refractivity contribution in [3.8, 4) is 0 Å². The number of hydrogen-bond acceptors (Lipinski definition) is 2. The monoisotopic (exact) mass is 236 g/mol. The predicted octanol–water partition coefficient (Wildman–Crippen LogP) is 1.69. The van der Waals surface area contributed by atoms with Crippen LogP contribution >= 0.6 is 0 Å². The van der Waals surface area contributed by atoms with Crippen molar-refractivity contribution in [2.24, 2.45) is 5.41 Å². The van der Waals surface area contributed by atoms with Crippen molar-refractivity contribution in [3.05, 3.63) is 24.0 Å². The second kappa shape index (κ2) is 4.92. The van der Waals surface area contributed by atoms with Crippen LogP contribution in [0, 0.1) is 5.41 Å². The van der Waals surface area contributed by atoms with Crippen molar-refractivity contribution >= 4 is 5.91 Å². The fourth-order valence-corrected chi connectivity index (χ4v) is 2.44. The lowest BCUT2D eigenvalue weighted by molar-refractivity contribution is 0.00187. The second-order valence-electron chi connectivity index (χ2n) is 5.18. The number of aliphatic hydroxyl groups is 1. The van der Waals surface area contributed by atoms with Gasteiger partial charge in [0.05, 0.1) is 6.10 Å². The number of amides is 1. The third kappa shape index (κ3) is 2.69. The lowest BCUT2D eigenvalue weighted by atomic mass is 9.73. The molecular weight excluding hydrogens is 216 g/mol. The molecule has 0 bridgehead atoms. The SMILES string of the molecule is C[C@]1(CNC(=O)c2ccc[nH]2)CCCC[C@@H]1O. The molecule has 4 nitrogen and oxygen atoms in total. The maximum absolute atomic E-state index is 11.8. The van der Waals surface area contributed by atoms with Gasteiger partial charge in [0.25, 0.3) is 5.91 Å². The molecule has 1 aliphatic carbocycles. The van der Waals surface area contributed by atoms with Gasteiger partial charge in [-0.05, 0) is 25.0 Å². The highest BCUT2D eigenvalue weighted by atomic mass is 16.3. The number of H-pyrrole nitrogens is 1. The highest BCUT2D eigenvalue weighted by Crippen LogP contribution is 2.35. The van der Waals surface area contributed by atoms with E-state index in [1.54, 1.807) is 18.3 Å². The maximum atomic E-state index is 11.8. The van der Waals surface area contributed by atoms with Gasteiger partial charge in [0, 0.05) is 18.2 Å². The summed E-state index contributed by atoms with van der Waals surface area (Å²) in [7, 11) is 0. The van der Waals surface area contributed by atoms with Gasteiger partial charge >= 0.3 is 0 Å². The lowest BCUT2D eigenvalue weighted by Crippen LogP contribution is -2.45. The maximum Gasteiger partial charge on any atom is 0.267 e. The van der Waals surface area contributed by atoms with Crippen LogP contribution in [0.5, 0.6) is 0 Å². The summed E-state index contributed by atoms with van der Waals surface area (Å²) in [6.45, 7) is 2.58. The topological polar surface area (TPSA) is 65.1 Å². The van der Waals surface area contributed by atoms with Crippen LogP contribution in [0.2, 0.25) is 0 Å². The molecule has 1 amide bonds. The minimum absolute atomic E-state index is 0.103. The van der Waals surface area contributed by atoms with Crippen molar-refractivity contribution < 1.29 is 9.90 Å². The van der Waals surface area contributed by atoms with Crippen LogP contribution in [-0.4, -0.2) is 28.6 Å². The van der Waals surface area contributed by atoms with E-state index in [2.05, 4.69) is 10.3 Å². The van der Waals surface area contributed by atoms with Crippen molar-refractivity contribution in [2.45, 2.75) is 38.7 Å². The quantitative estimate of drug-likeness (QED) is 0.747. The van der Waals surface area contributed by atoms with Gasteiger partial charge in [0.15, 0.2) is 0 Å². The van der Waals surface area contributed by atoms with E-state index in [1.807, 2.05) is 6.92 Å². The molecule has 1 aliphatic rings. The molecule has 2 atom stereocenters. The van der Waals surface area contributed by atoms with Crippen molar-refractivity contribution in [2.75, 3.05) is 6.54 Å². The molecule has 1 saturated carbocycles. The van der Waals surface area contributed by atoms with Gasteiger partial charge in [-0.1, -0.05) is 19.8 Å². The van der Waals surface area contributed by atoms with E-state index >= 15 is 0 Å². The second-order valence-corrected chi connectivity index (χ2v) is 5.18. The summed E-state index contributed by atoms with van der Waals surface area (Å²) in [6, 6.07) is 3.54. The molecule has 17 heavy (non-hydrogen) atoms. The number of aromatic nitrogens is 1. The van der Waals surface area contributed by atoms with Gasteiger partial charge in [-0.15, -0.1) is 0 Å². The Bertz CT molecular complexity index is 375.